The topological polar surface area (TPSA) is 45.6 Å². The number of rotatable bonds is 3. The van der Waals surface area contributed by atoms with E-state index in [2.05, 4.69) is 16.0 Å². The Hall–Kier alpha value is -2.40. The Bertz CT molecular complexity index is 842. The van der Waals surface area contributed by atoms with Crippen molar-refractivity contribution in [3.63, 3.8) is 0 Å². The highest BCUT2D eigenvalue weighted by molar-refractivity contribution is 8.18. The van der Waals surface area contributed by atoms with Crippen LogP contribution < -0.4 is 0 Å². The van der Waals surface area contributed by atoms with Crippen molar-refractivity contribution >= 4 is 34.7 Å². The lowest BCUT2D eigenvalue weighted by atomic mass is 10.1. The number of aryl methyl sites for hydroxylation is 2. The average Bonchev–Trinajstić information content (AvgIpc) is 2.82. The standard InChI is InChI=1S/C19H19N3OS/c1-4-22-18(23)16(12-15-9-5-7-13(2)11-15)24-19(22)21-17-10-6-8-14(3)20-17/h5-12H,4H2,1-3H3/b16-12-,21-19+. The Balaban J connectivity index is 1.94. The van der Waals surface area contributed by atoms with Crippen molar-refractivity contribution in [2.75, 3.05) is 6.54 Å². The molecule has 0 bridgehead atoms. The second-order valence-corrected chi connectivity index (χ2v) is 6.61. The van der Waals surface area contributed by atoms with Gasteiger partial charge in [0.2, 0.25) is 0 Å². The smallest absolute Gasteiger partial charge is 0.266 e. The maximum atomic E-state index is 12.6. The van der Waals surface area contributed by atoms with Gasteiger partial charge in [-0.15, -0.1) is 0 Å². The number of aromatic nitrogens is 1. The van der Waals surface area contributed by atoms with Gasteiger partial charge >= 0.3 is 0 Å². The summed E-state index contributed by atoms with van der Waals surface area (Å²) in [5.74, 6) is 0.621. The number of hydrogen-bond acceptors (Lipinski definition) is 4. The molecule has 1 fully saturated rings. The molecule has 0 unspecified atom stereocenters. The van der Waals surface area contributed by atoms with Crippen LogP contribution in [0.15, 0.2) is 52.4 Å². The van der Waals surface area contributed by atoms with Gasteiger partial charge in [0, 0.05) is 12.2 Å². The van der Waals surface area contributed by atoms with Crippen molar-refractivity contribution in [3.05, 3.63) is 64.2 Å². The summed E-state index contributed by atoms with van der Waals surface area (Å²) in [7, 11) is 0. The number of hydrogen-bond donors (Lipinski definition) is 0. The zero-order chi connectivity index (χ0) is 17.1. The highest BCUT2D eigenvalue weighted by Crippen LogP contribution is 2.33. The molecular formula is C19H19N3OS. The number of nitrogens with zero attached hydrogens (tertiary/aromatic N) is 3. The van der Waals surface area contributed by atoms with Gasteiger partial charge in [0.25, 0.3) is 5.91 Å². The lowest BCUT2D eigenvalue weighted by Gasteiger charge is -2.11. The van der Waals surface area contributed by atoms with Gasteiger partial charge in [-0.2, -0.15) is 0 Å². The molecule has 0 saturated carbocycles. The number of benzene rings is 1. The number of carbonyl (C=O) groups excluding carboxylic acids is 1. The zero-order valence-electron chi connectivity index (χ0n) is 14.0. The minimum absolute atomic E-state index is 0.00425. The van der Waals surface area contributed by atoms with E-state index in [1.54, 1.807) is 4.90 Å². The van der Waals surface area contributed by atoms with Gasteiger partial charge in [0.05, 0.1) is 4.91 Å². The number of likely N-dealkylation sites (N-methyl/N-ethyl adjacent to an activating group) is 1. The summed E-state index contributed by atoms with van der Waals surface area (Å²) < 4.78 is 0. The van der Waals surface area contributed by atoms with Crippen LogP contribution in [0.5, 0.6) is 0 Å². The van der Waals surface area contributed by atoms with Crippen LogP contribution in [0.25, 0.3) is 6.08 Å². The molecule has 0 N–H and O–H groups in total. The second kappa shape index (κ2) is 7.01. The predicted octanol–water partition coefficient (Wildman–Crippen LogP) is 4.32. The van der Waals surface area contributed by atoms with Gasteiger partial charge in [-0.25, -0.2) is 9.98 Å². The second-order valence-electron chi connectivity index (χ2n) is 5.61. The SMILES string of the molecule is CCN1C(=O)/C(=C/c2cccc(C)c2)S/C1=N/c1cccc(C)n1. The van der Waals surface area contributed by atoms with Crippen molar-refractivity contribution in [3.8, 4) is 0 Å². The molecule has 1 aliphatic heterocycles. The number of carbonyl (C=O) groups is 1. The molecular weight excluding hydrogens is 318 g/mol. The molecule has 5 heteroatoms. The molecule has 1 amide bonds. The van der Waals surface area contributed by atoms with Crippen LogP contribution in [0, 0.1) is 13.8 Å². The molecule has 0 aliphatic carbocycles. The Morgan fingerprint density at radius 1 is 1.21 bits per heavy atom. The highest BCUT2D eigenvalue weighted by Gasteiger charge is 2.32. The molecule has 0 radical (unpaired) electrons. The quantitative estimate of drug-likeness (QED) is 0.784. The Labute approximate surface area is 146 Å². The summed E-state index contributed by atoms with van der Waals surface area (Å²) >= 11 is 1.40. The molecule has 2 heterocycles. The summed E-state index contributed by atoms with van der Waals surface area (Å²) in [6.45, 7) is 6.51. The average molecular weight is 337 g/mol. The van der Waals surface area contributed by atoms with E-state index in [0.717, 1.165) is 11.3 Å². The van der Waals surface area contributed by atoms with Crippen molar-refractivity contribution in [1.29, 1.82) is 0 Å². The van der Waals surface area contributed by atoms with Crippen LogP contribution in [0.1, 0.15) is 23.7 Å². The molecule has 1 aliphatic rings. The molecule has 122 valence electrons. The summed E-state index contributed by atoms with van der Waals surface area (Å²) in [4.78, 5) is 24.0. The largest absolute Gasteiger partial charge is 0.287 e. The van der Waals surface area contributed by atoms with E-state index in [1.807, 2.05) is 63.2 Å². The monoisotopic (exact) mass is 337 g/mol. The van der Waals surface area contributed by atoms with Crippen LogP contribution in [-0.4, -0.2) is 27.5 Å². The molecule has 1 aromatic carbocycles. The third kappa shape index (κ3) is 3.57. The lowest BCUT2D eigenvalue weighted by Crippen LogP contribution is -2.28. The van der Waals surface area contributed by atoms with E-state index in [-0.39, 0.29) is 5.91 Å². The number of aliphatic imine (C=N–C) groups is 1. The van der Waals surface area contributed by atoms with E-state index >= 15 is 0 Å². The van der Waals surface area contributed by atoms with E-state index in [1.165, 1.54) is 17.3 Å². The fourth-order valence-electron chi connectivity index (χ4n) is 2.47. The summed E-state index contributed by atoms with van der Waals surface area (Å²) in [5.41, 5.74) is 3.10. The first kappa shape index (κ1) is 16.5. The Morgan fingerprint density at radius 2 is 2.00 bits per heavy atom. The van der Waals surface area contributed by atoms with Gasteiger partial charge in [-0.3, -0.25) is 9.69 Å². The molecule has 24 heavy (non-hydrogen) atoms. The highest BCUT2D eigenvalue weighted by atomic mass is 32.2. The predicted molar refractivity (Wildman–Crippen MR) is 100 cm³/mol. The molecule has 1 saturated heterocycles. The van der Waals surface area contributed by atoms with E-state index in [9.17, 15) is 4.79 Å². The van der Waals surface area contributed by atoms with Gasteiger partial charge in [0.15, 0.2) is 11.0 Å². The van der Waals surface area contributed by atoms with Crippen LogP contribution in [-0.2, 0) is 4.79 Å². The van der Waals surface area contributed by atoms with E-state index in [4.69, 9.17) is 0 Å². The van der Waals surface area contributed by atoms with Gasteiger partial charge in [-0.05, 0) is 56.3 Å². The fourth-order valence-corrected chi connectivity index (χ4v) is 3.52. The van der Waals surface area contributed by atoms with Crippen LogP contribution in [0.2, 0.25) is 0 Å². The van der Waals surface area contributed by atoms with Gasteiger partial charge < -0.3 is 0 Å². The van der Waals surface area contributed by atoms with Crippen LogP contribution >= 0.6 is 11.8 Å². The minimum atomic E-state index is -0.00425. The van der Waals surface area contributed by atoms with Crippen LogP contribution in [0.3, 0.4) is 0 Å². The summed E-state index contributed by atoms with van der Waals surface area (Å²) in [6.07, 6.45) is 1.93. The molecule has 2 aromatic rings. The van der Waals surface area contributed by atoms with E-state index in [0.29, 0.717) is 22.4 Å². The Morgan fingerprint density at radius 3 is 2.71 bits per heavy atom. The first-order valence-electron chi connectivity index (χ1n) is 7.87. The number of pyridine rings is 1. The summed E-state index contributed by atoms with van der Waals surface area (Å²) in [6, 6.07) is 13.8. The van der Waals surface area contributed by atoms with Crippen LogP contribution in [0.4, 0.5) is 5.82 Å². The first-order valence-corrected chi connectivity index (χ1v) is 8.69. The number of thioether (sulfide) groups is 1. The third-order valence-electron chi connectivity index (χ3n) is 3.63. The van der Waals surface area contributed by atoms with Crippen molar-refractivity contribution in [2.45, 2.75) is 20.8 Å². The summed E-state index contributed by atoms with van der Waals surface area (Å²) in [5, 5.41) is 0.680. The Kier molecular flexibility index (Phi) is 4.81. The van der Waals surface area contributed by atoms with Crippen molar-refractivity contribution < 1.29 is 4.79 Å². The zero-order valence-corrected chi connectivity index (χ0v) is 14.8. The normalized spacial score (nSPS) is 18.0. The maximum absolute atomic E-state index is 12.6. The minimum Gasteiger partial charge on any atom is -0.287 e. The van der Waals surface area contributed by atoms with Crippen molar-refractivity contribution in [1.82, 2.24) is 9.88 Å². The maximum Gasteiger partial charge on any atom is 0.266 e. The number of amidine groups is 1. The molecule has 1 aromatic heterocycles. The first-order chi connectivity index (χ1) is 11.6. The third-order valence-corrected chi connectivity index (χ3v) is 4.63. The number of amides is 1. The molecule has 3 rings (SSSR count). The molecule has 0 spiro atoms. The van der Waals surface area contributed by atoms with Crippen molar-refractivity contribution in [2.24, 2.45) is 4.99 Å². The van der Waals surface area contributed by atoms with Gasteiger partial charge in [-0.1, -0.05) is 35.9 Å². The molecule has 4 nitrogen and oxygen atoms in total. The van der Waals surface area contributed by atoms with E-state index < -0.39 is 0 Å². The lowest BCUT2D eigenvalue weighted by molar-refractivity contribution is -0.122. The van der Waals surface area contributed by atoms with Gasteiger partial charge in [0.1, 0.15) is 0 Å². The molecule has 0 atom stereocenters. The fraction of sp³-hybridized carbons (Fsp3) is 0.211.